The average Bonchev–Trinajstić information content (AvgIpc) is 3.00. The van der Waals surface area contributed by atoms with Crippen LogP contribution < -0.4 is 4.74 Å². The van der Waals surface area contributed by atoms with Crippen molar-refractivity contribution < 1.29 is 4.74 Å². The van der Waals surface area contributed by atoms with E-state index in [0.717, 1.165) is 11.1 Å². The number of aryl methyl sites for hydroxylation is 2. The lowest BCUT2D eigenvalue weighted by atomic mass is 10.1. The average molecular weight is 331 g/mol. The molecule has 4 rings (SSSR count). The Bertz CT molecular complexity index is 985. The molecule has 3 heteroatoms. The van der Waals surface area contributed by atoms with E-state index in [-0.39, 0.29) is 0 Å². The number of rotatable bonds is 3. The summed E-state index contributed by atoms with van der Waals surface area (Å²) in [6, 6.07) is 18.7. The predicted octanol–water partition coefficient (Wildman–Crippen LogP) is 6.37. The number of hydrogen-bond donors (Lipinski definition) is 0. The van der Waals surface area contributed by atoms with Crippen LogP contribution in [-0.2, 0) is 0 Å². The van der Waals surface area contributed by atoms with Crippen LogP contribution in [-0.4, -0.2) is 4.98 Å². The van der Waals surface area contributed by atoms with Gasteiger partial charge < -0.3 is 4.74 Å². The molecule has 0 atom stereocenters. The molecule has 0 N–H and O–H groups in total. The van der Waals surface area contributed by atoms with Crippen LogP contribution in [0.15, 0.2) is 66.2 Å². The zero-order valence-electron chi connectivity index (χ0n) is 13.6. The van der Waals surface area contributed by atoms with Crippen molar-refractivity contribution in [2.24, 2.45) is 0 Å². The molecule has 0 unspecified atom stereocenters. The van der Waals surface area contributed by atoms with Gasteiger partial charge in [0.15, 0.2) is 0 Å². The first-order valence-electron chi connectivity index (χ1n) is 7.88. The maximum absolute atomic E-state index is 6.17. The summed E-state index contributed by atoms with van der Waals surface area (Å²) in [5, 5.41) is 3.25. The number of fused-ring (bicyclic) bond motifs is 1. The Morgan fingerprint density at radius 3 is 2.42 bits per heavy atom. The Labute approximate surface area is 145 Å². The number of benzene rings is 2. The predicted molar refractivity (Wildman–Crippen MR) is 101 cm³/mol. The number of thiophene rings is 1. The van der Waals surface area contributed by atoms with Gasteiger partial charge in [-0.25, -0.2) is 4.98 Å². The van der Waals surface area contributed by atoms with Crippen molar-refractivity contribution in [3.8, 4) is 22.8 Å². The van der Waals surface area contributed by atoms with E-state index in [1.165, 1.54) is 27.0 Å². The number of hydrogen-bond acceptors (Lipinski definition) is 3. The van der Waals surface area contributed by atoms with E-state index in [9.17, 15) is 0 Å². The zero-order chi connectivity index (χ0) is 16.5. The van der Waals surface area contributed by atoms with E-state index in [4.69, 9.17) is 4.74 Å². The van der Waals surface area contributed by atoms with E-state index in [1.54, 1.807) is 11.3 Å². The maximum Gasteiger partial charge on any atom is 0.228 e. The van der Waals surface area contributed by atoms with Gasteiger partial charge in [0.25, 0.3) is 0 Å². The van der Waals surface area contributed by atoms with Crippen molar-refractivity contribution in [3.63, 3.8) is 0 Å². The minimum Gasteiger partial charge on any atom is -0.438 e. The third-order valence-electron chi connectivity index (χ3n) is 3.95. The van der Waals surface area contributed by atoms with Crippen LogP contribution in [0.4, 0.5) is 0 Å². The molecule has 0 radical (unpaired) electrons. The molecule has 0 spiro atoms. The second kappa shape index (κ2) is 6.10. The molecule has 0 amide bonds. The summed E-state index contributed by atoms with van der Waals surface area (Å²) in [7, 11) is 0. The highest BCUT2D eigenvalue weighted by Crippen LogP contribution is 2.40. The van der Waals surface area contributed by atoms with Crippen molar-refractivity contribution in [1.29, 1.82) is 0 Å². The van der Waals surface area contributed by atoms with Crippen LogP contribution >= 0.6 is 11.3 Å². The van der Waals surface area contributed by atoms with Gasteiger partial charge in [0.05, 0.1) is 5.39 Å². The summed E-state index contributed by atoms with van der Waals surface area (Å²) in [5.74, 6) is 1.50. The van der Waals surface area contributed by atoms with Gasteiger partial charge in [-0.3, -0.25) is 0 Å². The molecule has 24 heavy (non-hydrogen) atoms. The molecule has 0 saturated heterocycles. The Kier molecular flexibility index (Phi) is 3.79. The fraction of sp³-hybridized carbons (Fsp3) is 0.0952. The Hall–Kier alpha value is -2.65. The second-order valence-electron chi connectivity index (χ2n) is 5.93. The van der Waals surface area contributed by atoms with E-state index >= 15 is 0 Å². The minimum absolute atomic E-state index is 0.664. The van der Waals surface area contributed by atoms with Gasteiger partial charge in [-0.1, -0.05) is 36.4 Å². The van der Waals surface area contributed by atoms with Gasteiger partial charge in [-0.15, -0.1) is 11.3 Å². The van der Waals surface area contributed by atoms with Gasteiger partial charge in [-0.2, -0.15) is 0 Å². The molecule has 0 aliphatic carbocycles. The molecular weight excluding hydrogens is 314 g/mol. The summed E-state index contributed by atoms with van der Waals surface area (Å²) in [4.78, 5) is 4.50. The molecule has 2 heterocycles. The lowest BCUT2D eigenvalue weighted by molar-refractivity contribution is 0.468. The number of aromatic nitrogens is 1. The van der Waals surface area contributed by atoms with Crippen molar-refractivity contribution in [1.82, 2.24) is 4.98 Å². The molecule has 0 aliphatic heterocycles. The number of nitrogens with zero attached hydrogens (tertiary/aromatic N) is 1. The van der Waals surface area contributed by atoms with Gasteiger partial charge in [-0.05, 0) is 48.7 Å². The minimum atomic E-state index is 0.664. The molecule has 4 aromatic rings. The fourth-order valence-corrected chi connectivity index (χ4v) is 3.92. The first-order chi connectivity index (χ1) is 11.7. The Morgan fingerprint density at radius 1 is 0.917 bits per heavy atom. The van der Waals surface area contributed by atoms with Gasteiger partial charge in [0.2, 0.25) is 5.88 Å². The molecule has 118 valence electrons. The molecule has 0 aliphatic rings. The standard InChI is InChI=1S/C21H17NOS/c1-14-10-15(2)12-17(11-14)23-21-20-18(16-6-4-3-5-7-16)13-24-19(20)8-9-22-21/h3-13H,1-2H3. The van der Waals surface area contributed by atoms with Crippen LogP contribution in [0.5, 0.6) is 11.6 Å². The zero-order valence-corrected chi connectivity index (χ0v) is 14.4. The van der Waals surface area contributed by atoms with Crippen LogP contribution in [0.3, 0.4) is 0 Å². The fourth-order valence-electron chi connectivity index (χ4n) is 2.96. The maximum atomic E-state index is 6.17. The quantitative estimate of drug-likeness (QED) is 0.435. The number of ether oxygens (including phenoxy) is 1. The molecule has 2 aromatic heterocycles. The van der Waals surface area contributed by atoms with Crippen LogP contribution in [0.2, 0.25) is 0 Å². The van der Waals surface area contributed by atoms with Gasteiger partial charge >= 0.3 is 0 Å². The summed E-state index contributed by atoms with van der Waals surface area (Å²) in [6.45, 7) is 4.15. The second-order valence-corrected chi connectivity index (χ2v) is 6.84. The largest absolute Gasteiger partial charge is 0.438 e. The Balaban J connectivity index is 1.85. The summed E-state index contributed by atoms with van der Waals surface area (Å²) < 4.78 is 7.35. The van der Waals surface area contributed by atoms with Crippen LogP contribution in [0, 0.1) is 13.8 Å². The lowest BCUT2D eigenvalue weighted by Crippen LogP contribution is -1.90. The smallest absolute Gasteiger partial charge is 0.228 e. The highest BCUT2D eigenvalue weighted by atomic mass is 32.1. The van der Waals surface area contributed by atoms with E-state index in [1.807, 2.05) is 30.5 Å². The molecule has 2 aromatic carbocycles. The van der Waals surface area contributed by atoms with E-state index < -0.39 is 0 Å². The van der Waals surface area contributed by atoms with Gasteiger partial charge in [0, 0.05) is 21.8 Å². The first-order valence-corrected chi connectivity index (χ1v) is 8.76. The third-order valence-corrected chi connectivity index (χ3v) is 4.89. The monoisotopic (exact) mass is 331 g/mol. The molecular formula is C21H17NOS. The highest BCUT2D eigenvalue weighted by molar-refractivity contribution is 7.17. The Morgan fingerprint density at radius 2 is 1.67 bits per heavy atom. The summed E-state index contributed by atoms with van der Waals surface area (Å²) >= 11 is 1.72. The van der Waals surface area contributed by atoms with E-state index in [2.05, 4.69) is 54.5 Å². The molecule has 0 fully saturated rings. The highest BCUT2D eigenvalue weighted by Gasteiger charge is 2.13. The van der Waals surface area contributed by atoms with Crippen molar-refractivity contribution >= 4 is 21.4 Å². The first kappa shape index (κ1) is 14.9. The van der Waals surface area contributed by atoms with Crippen molar-refractivity contribution in [2.45, 2.75) is 13.8 Å². The summed E-state index contributed by atoms with van der Waals surface area (Å²) in [5.41, 5.74) is 4.72. The topological polar surface area (TPSA) is 22.1 Å². The third kappa shape index (κ3) is 2.79. The van der Waals surface area contributed by atoms with E-state index in [0.29, 0.717) is 5.88 Å². The molecule has 0 bridgehead atoms. The van der Waals surface area contributed by atoms with Crippen molar-refractivity contribution in [3.05, 3.63) is 77.3 Å². The molecule has 0 saturated carbocycles. The SMILES string of the molecule is Cc1cc(C)cc(Oc2nccc3scc(-c4ccccc4)c23)c1. The molecule has 2 nitrogen and oxygen atoms in total. The normalized spacial score (nSPS) is 10.9. The van der Waals surface area contributed by atoms with Crippen molar-refractivity contribution in [2.75, 3.05) is 0 Å². The summed E-state index contributed by atoms with van der Waals surface area (Å²) in [6.07, 6.45) is 1.81. The van der Waals surface area contributed by atoms with Crippen LogP contribution in [0.1, 0.15) is 11.1 Å². The van der Waals surface area contributed by atoms with Gasteiger partial charge in [0.1, 0.15) is 5.75 Å². The number of pyridine rings is 1. The van der Waals surface area contributed by atoms with Crippen LogP contribution in [0.25, 0.3) is 21.2 Å². The lowest BCUT2D eigenvalue weighted by Gasteiger charge is -2.09.